The van der Waals surface area contributed by atoms with Crippen molar-refractivity contribution in [2.45, 2.75) is 44.5 Å². The average Bonchev–Trinajstić information content (AvgIpc) is 3.04. The number of fused-ring (bicyclic) bond motifs is 2. The van der Waals surface area contributed by atoms with Crippen LogP contribution < -0.4 is 0 Å². The lowest BCUT2D eigenvalue weighted by Crippen LogP contribution is -2.59. The summed E-state index contributed by atoms with van der Waals surface area (Å²) in [7, 11) is -12.8. The molecule has 0 radical (unpaired) electrons. The summed E-state index contributed by atoms with van der Waals surface area (Å²) in [4.78, 5) is 25.9. The Morgan fingerprint density at radius 1 is 0.800 bits per heavy atom. The van der Waals surface area contributed by atoms with Gasteiger partial charge in [-0.05, 0) is 13.8 Å². The van der Waals surface area contributed by atoms with Crippen molar-refractivity contribution in [2.24, 2.45) is 0 Å². The van der Waals surface area contributed by atoms with Crippen molar-refractivity contribution >= 4 is 42.3 Å². The second-order valence-corrected chi connectivity index (χ2v) is 12.3. The molecule has 2 bridgehead atoms. The average molecular weight is 566 g/mol. The summed E-state index contributed by atoms with van der Waals surface area (Å²) >= 11 is 0. The van der Waals surface area contributed by atoms with Gasteiger partial charge in [-0.3, -0.25) is 12.5 Å². The van der Waals surface area contributed by atoms with E-state index in [1.54, 1.807) is 0 Å². The highest BCUT2D eigenvalue weighted by Crippen LogP contribution is 2.37. The van der Waals surface area contributed by atoms with Crippen molar-refractivity contribution in [3.8, 4) is 0 Å². The molecule has 0 saturated carbocycles. The van der Waals surface area contributed by atoms with Crippen LogP contribution in [0.1, 0.15) is 13.8 Å². The minimum Gasteiger partial charge on any atom is -0.462 e. The van der Waals surface area contributed by atoms with Crippen LogP contribution in [0, 0.1) is 0 Å². The molecule has 0 N–H and O–H groups in total. The summed E-state index contributed by atoms with van der Waals surface area (Å²) in [5.74, 6) is -2.11. The number of likely N-dealkylation sites (tertiary alicyclic amines) is 1. The predicted molar refractivity (Wildman–Crippen MR) is 116 cm³/mol. The van der Waals surface area contributed by atoms with E-state index in [0.29, 0.717) is 18.8 Å². The van der Waals surface area contributed by atoms with Gasteiger partial charge in [0.15, 0.2) is 17.9 Å². The van der Waals surface area contributed by atoms with Gasteiger partial charge < -0.3 is 19.1 Å². The molecular weight excluding hydrogens is 538 g/mol. The molecule has 15 nitrogen and oxygen atoms in total. The molecule has 2 aliphatic rings. The van der Waals surface area contributed by atoms with Crippen LogP contribution in [0.25, 0.3) is 0 Å². The summed E-state index contributed by atoms with van der Waals surface area (Å²) < 4.78 is 102. The fourth-order valence-electron chi connectivity index (χ4n) is 3.45. The fourth-order valence-corrected chi connectivity index (χ4v) is 5.32. The van der Waals surface area contributed by atoms with Crippen molar-refractivity contribution in [1.29, 1.82) is 0 Å². The lowest BCUT2D eigenvalue weighted by atomic mass is 10.0. The molecule has 0 aromatic heterocycles. The molecule has 0 unspecified atom stereocenters. The van der Waals surface area contributed by atoms with Crippen LogP contribution in [-0.2, 0) is 66.7 Å². The first-order valence-electron chi connectivity index (χ1n) is 10.1. The zero-order valence-corrected chi connectivity index (χ0v) is 21.9. The van der Waals surface area contributed by atoms with E-state index in [0.717, 1.165) is 11.1 Å². The quantitative estimate of drug-likeness (QED) is 0.0882. The molecule has 2 aliphatic heterocycles. The third-order valence-corrected chi connectivity index (χ3v) is 6.19. The van der Waals surface area contributed by atoms with Gasteiger partial charge >= 0.3 is 11.9 Å². The Morgan fingerprint density at radius 3 is 1.66 bits per heavy atom. The maximum atomic E-state index is 12.4. The number of carbonyl (C=O) groups excluding carboxylic acids is 2. The van der Waals surface area contributed by atoms with E-state index in [1.807, 2.05) is 0 Å². The van der Waals surface area contributed by atoms with Gasteiger partial charge in [-0.25, -0.2) is 9.59 Å². The Labute approximate surface area is 203 Å². The van der Waals surface area contributed by atoms with Gasteiger partial charge in [0.25, 0.3) is 30.4 Å². The van der Waals surface area contributed by atoms with Gasteiger partial charge in [-0.15, -0.1) is 0 Å². The van der Waals surface area contributed by atoms with Crippen LogP contribution >= 0.6 is 0 Å². The zero-order valence-electron chi connectivity index (χ0n) is 19.5. The number of ether oxygens (including phenoxy) is 3. The van der Waals surface area contributed by atoms with Crippen LogP contribution in [0.4, 0.5) is 0 Å². The Hall–Kier alpha value is -1.83. The van der Waals surface area contributed by atoms with Crippen LogP contribution in [0.2, 0.25) is 0 Å². The van der Waals surface area contributed by atoms with Crippen LogP contribution in [0.15, 0.2) is 11.8 Å². The maximum Gasteiger partial charge on any atom is 0.347 e. The second kappa shape index (κ2) is 11.1. The summed E-state index contributed by atoms with van der Waals surface area (Å²) in [6, 6.07) is 0. The molecule has 202 valence electrons. The van der Waals surface area contributed by atoms with E-state index in [4.69, 9.17) is 26.8 Å². The topological polar surface area (TPSA) is 195 Å². The maximum absolute atomic E-state index is 12.4. The fraction of sp³-hybridized carbons (Fsp3) is 0.765. The smallest absolute Gasteiger partial charge is 0.347 e. The van der Waals surface area contributed by atoms with Crippen molar-refractivity contribution in [3.63, 3.8) is 0 Å². The van der Waals surface area contributed by atoms with Crippen molar-refractivity contribution in [2.75, 3.05) is 38.5 Å². The molecule has 0 aromatic carbocycles. The van der Waals surface area contributed by atoms with Crippen LogP contribution in [0.5, 0.6) is 0 Å². The van der Waals surface area contributed by atoms with E-state index in [2.05, 4.69) is 0 Å². The summed E-state index contributed by atoms with van der Waals surface area (Å²) in [5, 5.41) is 0. The first kappa shape index (κ1) is 29.4. The number of rotatable bonds is 11. The first-order chi connectivity index (χ1) is 16.0. The zero-order chi connectivity index (χ0) is 26.8. The number of esters is 2. The minimum absolute atomic E-state index is 0.0769. The molecule has 2 heterocycles. The molecule has 0 aromatic rings. The molecule has 2 rings (SSSR count). The molecular formula is C17H27NO14S3. The largest absolute Gasteiger partial charge is 0.462 e. The standard InChI is InChI=1S/C17H27NO14S3/c1-6-27-16(19)10(17(20)28-7-2)8-18-9-11-12(30-33(3,21)22)13(31-34(4,23)24)14(15(18)29-11)32-35(5,25)26/h8,11-15H,6-7,9H2,1-5H3/t11-,12-,13+,14+,15-/m1/s1. The SMILES string of the molecule is CCOC(=O)C(=CN1C[C@H]2O[C@@H]1[C@@H](OS(C)(=O)=O)[C@@H](OS(C)(=O)=O)[C@@H]2OS(C)(=O)=O)C(=O)OCC. The highest BCUT2D eigenvalue weighted by atomic mass is 32.2. The van der Waals surface area contributed by atoms with Gasteiger partial charge in [0.2, 0.25) is 0 Å². The Balaban J connectivity index is 2.62. The monoisotopic (exact) mass is 565 g/mol. The van der Waals surface area contributed by atoms with Gasteiger partial charge in [0, 0.05) is 12.7 Å². The molecule has 0 amide bonds. The van der Waals surface area contributed by atoms with Crippen molar-refractivity contribution < 1.29 is 61.6 Å². The highest BCUT2D eigenvalue weighted by Gasteiger charge is 2.58. The Kier molecular flexibility index (Phi) is 9.29. The number of carbonyl (C=O) groups is 2. The summed E-state index contributed by atoms with van der Waals surface area (Å²) in [6.45, 7) is 2.57. The molecule has 18 heteroatoms. The molecule has 2 fully saturated rings. The second-order valence-electron chi connectivity index (χ2n) is 7.54. The van der Waals surface area contributed by atoms with Gasteiger partial charge in [0.05, 0.1) is 32.0 Å². The number of hydrogen-bond acceptors (Lipinski definition) is 15. The minimum atomic E-state index is -4.30. The predicted octanol–water partition coefficient (Wildman–Crippen LogP) is -1.93. The summed E-state index contributed by atoms with van der Waals surface area (Å²) in [5.41, 5.74) is -0.580. The van der Waals surface area contributed by atoms with E-state index >= 15 is 0 Å². The lowest BCUT2D eigenvalue weighted by molar-refractivity contribution is -0.180. The highest BCUT2D eigenvalue weighted by molar-refractivity contribution is 7.86. The van der Waals surface area contributed by atoms with Crippen LogP contribution in [-0.4, -0.2) is 111 Å². The first-order valence-corrected chi connectivity index (χ1v) is 15.5. The molecule has 0 spiro atoms. The number of nitrogens with zero attached hydrogens (tertiary/aromatic N) is 1. The Bertz CT molecular complexity index is 1140. The van der Waals surface area contributed by atoms with Gasteiger partial charge in [-0.2, -0.15) is 25.3 Å². The van der Waals surface area contributed by atoms with E-state index in [-0.39, 0.29) is 19.8 Å². The van der Waals surface area contributed by atoms with Crippen molar-refractivity contribution in [3.05, 3.63) is 11.8 Å². The van der Waals surface area contributed by atoms with Crippen LogP contribution in [0.3, 0.4) is 0 Å². The van der Waals surface area contributed by atoms with E-state index in [1.165, 1.54) is 13.8 Å². The summed E-state index contributed by atoms with van der Waals surface area (Å²) in [6.07, 6.45) is -4.93. The van der Waals surface area contributed by atoms with E-state index in [9.17, 15) is 34.8 Å². The van der Waals surface area contributed by atoms with Crippen molar-refractivity contribution in [1.82, 2.24) is 4.90 Å². The third kappa shape index (κ3) is 8.36. The lowest BCUT2D eigenvalue weighted by Gasteiger charge is -2.39. The normalized spacial score (nSPS) is 26.8. The van der Waals surface area contributed by atoms with Gasteiger partial charge in [0.1, 0.15) is 18.3 Å². The number of hydrogen-bond donors (Lipinski definition) is 0. The molecule has 2 saturated heterocycles. The Morgan fingerprint density at radius 2 is 1.23 bits per heavy atom. The molecule has 0 aliphatic carbocycles. The molecule has 35 heavy (non-hydrogen) atoms. The van der Waals surface area contributed by atoms with E-state index < -0.39 is 78.5 Å². The molecule has 5 atom stereocenters. The van der Waals surface area contributed by atoms with Gasteiger partial charge in [-0.1, -0.05) is 0 Å². The third-order valence-electron chi connectivity index (χ3n) is 4.47.